The van der Waals surface area contributed by atoms with Crippen molar-refractivity contribution >= 4 is 35.5 Å². The molecule has 1 aromatic rings. The zero-order valence-electron chi connectivity index (χ0n) is 14.2. The molecule has 2 saturated heterocycles. The van der Waals surface area contributed by atoms with E-state index in [-0.39, 0.29) is 24.0 Å². The zero-order chi connectivity index (χ0) is 17.5. The molecule has 7 heteroatoms. The number of nitrogens with one attached hydrogen (secondary N) is 3. The lowest BCUT2D eigenvalue weighted by molar-refractivity contribution is -0.121. The molecule has 3 rings (SSSR count). The Kier molecular flexibility index (Phi) is 6.93. The van der Waals surface area contributed by atoms with Crippen molar-refractivity contribution < 1.29 is 9.59 Å². The molecule has 0 aliphatic carbocycles. The topological polar surface area (TPSA) is 70.2 Å². The number of hydrogen-bond donors (Lipinski definition) is 3. The number of fused-ring (bicyclic) bond motifs is 1. The maximum Gasteiger partial charge on any atom is 0.315 e. The predicted octanol–water partition coefficient (Wildman–Crippen LogP) is 2.62. The number of urea groups is 1. The summed E-state index contributed by atoms with van der Waals surface area (Å²) >= 11 is 3.69. The molecule has 0 saturated carbocycles. The molecule has 1 aromatic carbocycles. The average molecular weight is 380 g/mol. The molecule has 25 heavy (non-hydrogen) atoms. The van der Waals surface area contributed by atoms with Crippen molar-refractivity contribution in [1.82, 2.24) is 16.0 Å². The van der Waals surface area contributed by atoms with E-state index >= 15 is 0 Å². The minimum Gasteiger partial charge on any atom is -0.355 e. The van der Waals surface area contributed by atoms with Gasteiger partial charge in [-0.15, -0.1) is 11.8 Å². The zero-order valence-corrected chi connectivity index (χ0v) is 15.8. The van der Waals surface area contributed by atoms with E-state index in [1.807, 2.05) is 30.0 Å². The van der Waals surface area contributed by atoms with Gasteiger partial charge in [0.1, 0.15) is 0 Å². The molecule has 0 unspecified atom stereocenters. The van der Waals surface area contributed by atoms with Crippen LogP contribution in [0.2, 0.25) is 0 Å². The summed E-state index contributed by atoms with van der Waals surface area (Å²) in [6.07, 6.45) is 3.59. The van der Waals surface area contributed by atoms with Crippen molar-refractivity contribution in [2.75, 3.05) is 18.1 Å². The molecule has 3 amide bonds. The Labute approximate surface area is 157 Å². The van der Waals surface area contributed by atoms with Gasteiger partial charge in [-0.3, -0.25) is 4.79 Å². The highest BCUT2D eigenvalue weighted by Crippen LogP contribution is 2.33. The SMILES string of the molecule is O=C(CCCC[C@@H]1SC[C@@H]2NC(=O)N[C@@H]21)NCCSc1ccccc1. The second kappa shape index (κ2) is 9.38. The third-order valence-corrected chi connectivity index (χ3v) is 7.04. The number of carbonyl (C=O) groups excluding carboxylic acids is 2. The molecule has 2 fully saturated rings. The lowest BCUT2D eigenvalue weighted by Crippen LogP contribution is -2.36. The van der Waals surface area contributed by atoms with Crippen LogP contribution in [0.5, 0.6) is 0 Å². The van der Waals surface area contributed by atoms with Gasteiger partial charge in [0.25, 0.3) is 0 Å². The van der Waals surface area contributed by atoms with Crippen LogP contribution in [-0.4, -0.2) is 47.3 Å². The quantitative estimate of drug-likeness (QED) is 0.350. The fraction of sp³-hybridized carbons (Fsp3) is 0.556. The Morgan fingerprint density at radius 3 is 2.92 bits per heavy atom. The Bertz CT molecular complexity index is 585. The van der Waals surface area contributed by atoms with E-state index in [2.05, 4.69) is 28.1 Å². The van der Waals surface area contributed by atoms with E-state index in [0.717, 1.165) is 30.8 Å². The highest BCUT2D eigenvalue weighted by molar-refractivity contribution is 8.00. The maximum atomic E-state index is 11.9. The summed E-state index contributed by atoms with van der Waals surface area (Å²) in [4.78, 5) is 24.5. The van der Waals surface area contributed by atoms with Gasteiger partial charge in [-0.05, 0) is 25.0 Å². The van der Waals surface area contributed by atoms with Crippen LogP contribution in [0.15, 0.2) is 35.2 Å². The summed E-state index contributed by atoms with van der Waals surface area (Å²) in [5.74, 6) is 2.03. The smallest absolute Gasteiger partial charge is 0.315 e. The lowest BCUT2D eigenvalue weighted by atomic mass is 10.0. The van der Waals surface area contributed by atoms with Gasteiger partial charge in [-0.25, -0.2) is 4.79 Å². The first kappa shape index (κ1) is 18.5. The largest absolute Gasteiger partial charge is 0.355 e. The van der Waals surface area contributed by atoms with Crippen molar-refractivity contribution in [2.24, 2.45) is 0 Å². The van der Waals surface area contributed by atoms with Crippen LogP contribution in [0.3, 0.4) is 0 Å². The minimum atomic E-state index is -0.0342. The number of amides is 3. The molecule has 0 aromatic heterocycles. The van der Waals surface area contributed by atoms with Gasteiger partial charge in [0.2, 0.25) is 5.91 Å². The first-order chi connectivity index (χ1) is 12.2. The molecule has 2 aliphatic rings. The van der Waals surface area contributed by atoms with Gasteiger partial charge in [0, 0.05) is 34.6 Å². The Balaban J connectivity index is 1.22. The molecule has 3 N–H and O–H groups in total. The minimum absolute atomic E-state index is 0.0342. The van der Waals surface area contributed by atoms with Gasteiger partial charge in [0.05, 0.1) is 12.1 Å². The van der Waals surface area contributed by atoms with Gasteiger partial charge >= 0.3 is 6.03 Å². The van der Waals surface area contributed by atoms with Crippen LogP contribution in [-0.2, 0) is 4.79 Å². The first-order valence-electron chi connectivity index (χ1n) is 8.85. The highest BCUT2D eigenvalue weighted by atomic mass is 32.2. The van der Waals surface area contributed by atoms with Gasteiger partial charge in [0.15, 0.2) is 0 Å². The van der Waals surface area contributed by atoms with E-state index in [0.29, 0.717) is 18.2 Å². The number of hydrogen-bond acceptors (Lipinski definition) is 4. The second-order valence-corrected chi connectivity index (χ2v) is 8.82. The van der Waals surface area contributed by atoms with E-state index in [4.69, 9.17) is 0 Å². The van der Waals surface area contributed by atoms with E-state index in [1.54, 1.807) is 11.8 Å². The molecule has 5 nitrogen and oxygen atoms in total. The van der Waals surface area contributed by atoms with Crippen LogP contribution < -0.4 is 16.0 Å². The van der Waals surface area contributed by atoms with Gasteiger partial charge < -0.3 is 16.0 Å². The summed E-state index contributed by atoms with van der Waals surface area (Å²) in [5, 5.41) is 9.44. The molecule has 136 valence electrons. The first-order valence-corrected chi connectivity index (χ1v) is 10.9. The standard InChI is InChI=1S/C18H25N3O2S2/c22-16(19-10-11-24-13-6-2-1-3-7-13)9-5-4-8-15-17-14(12-25-15)20-18(23)21-17/h1-3,6-7,14-15,17H,4-5,8-12H2,(H,19,22)(H2,20,21,23)/t14-,15-,17-/m0/s1. The number of unbranched alkanes of at least 4 members (excludes halogenated alkanes) is 1. The number of thioether (sulfide) groups is 2. The normalized spacial score (nSPS) is 24.5. The summed E-state index contributed by atoms with van der Waals surface area (Å²) in [7, 11) is 0. The van der Waals surface area contributed by atoms with Crippen LogP contribution in [0.1, 0.15) is 25.7 Å². The summed E-state index contributed by atoms with van der Waals surface area (Å²) in [6, 6.07) is 10.7. The second-order valence-electron chi connectivity index (χ2n) is 6.38. The van der Waals surface area contributed by atoms with E-state index in [9.17, 15) is 9.59 Å². The lowest BCUT2D eigenvalue weighted by Gasteiger charge is -2.16. The highest BCUT2D eigenvalue weighted by Gasteiger charge is 2.42. The van der Waals surface area contributed by atoms with Gasteiger partial charge in [-0.1, -0.05) is 24.6 Å². The predicted molar refractivity (Wildman–Crippen MR) is 104 cm³/mol. The van der Waals surface area contributed by atoms with Crippen molar-refractivity contribution in [1.29, 1.82) is 0 Å². The Hall–Kier alpha value is -1.34. The molecular formula is C18H25N3O2S2. The molecule has 2 heterocycles. The molecular weight excluding hydrogens is 354 g/mol. The monoisotopic (exact) mass is 379 g/mol. The van der Waals surface area contributed by atoms with Crippen molar-refractivity contribution in [2.45, 2.75) is 47.9 Å². The molecule has 2 aliphatic heterocycles. The average Bonchev–Trinajstić information content (AvgIpc) is 3.16. The number of carbonyl (C=O) groups is 2. The van der Waals surface area contributed by atoms with Crippen molar-refractivity contribution in [3.8, 4) is 0 Å². The molecule has 0 spiro atoms. The van der Waals surface area contributed by atoms with Crippen LogP contribution in [0.4, 0.5) is 4.79 Å². The fourth-order valence-corrected chi connectivity index (χ4v) is 5.57. The number of rotatable bonds is 9. The Morgan fingerprint density at radius 2 is 2.08 bits per heavy atom. The van der Waals surface area contributed by atoms with Crippen LogP contribution >= 0.6 is 23.5 Å². The molecule has 3 atom stereocenters. The summed E-state index contributed by atoms with van der Waals surface area (Å²) in [5.41, 5.74) is 0. The third kappa shape index (κ3) is 5.57. The Morgan fingerprint density at radius 1 is 1.24 bits per heavy atom. The van der Waals surface area contributed by atoms with Crippen molar-refractivity contribution in [3.05, 3.63) is 30.3 Å². The number of benzene rings is 1. The van der Waals surface area contributed by atoms with E-state index in [1.165, 1.54) is 4.90 Å². The fourth-order valence-electron chi connectivity index (χ4n) is 3.24. The van der Waals surface area contributed by atoms with Crippen molar-refractivity contribution in [3.63, 3.8) is 0 Å². The molecule has 0 radical (unpaired) electrons. The van der Waals surface area contributed by atoms with E-state index < -0.39 is 0 Å². The molecule has 0 bridgehead atoms. The summed E-state index contributed by atoms with van der Waals surface area (Å²) < 4.78 is 0. The third-order valence-electron chi connectivity index (χ3n) is 4.52. The van der Waals surface area contributed by atoms with Gasteiger partial charge in [-0.2, -0.15) is 11.8 Å². The summed E-state index contributed by atoms with van der Waals surface area (Å²) in [6.45, 7) is 0.707. The van der Waals surface area contributed by atoms with Crippen LogP contribution in [0, 0.1) is 0 Å². The maximum absolute atomic E-state index is 11.9. The van der Waals surface area contributed by atoms with Crippen LogP contribution in [0.25, 0.3) is 0 Å².